The van der Waals surface area contributed by atoms with Gasteiger partial charge in [-0.3, -0.25) is 4.79 Å². The Balaban J connectivity index is 2.72. The summed E-state index contributed by atoms with van der Waals surface area (Å²) in [6.45, 7) is 0.369. The maximum Gasteiger partial charge on any atom is 0.226 e. The first kappa shape index (κ1) is 13.9. The van der Waals surface area contributed by atoms with Crippen LogP contribution in [0.2, 0.25) is 5.02 Å². The monoisotopic (exact) mass is 272 g/mol. The number of nitrogens with two attached hydrogens (primary N) is 1. The van der Waals surface area contributed by atoms with Crippen molar-refractivity contribution < 1.29 is 9.53 Å². The summed E-state index contributed by atoms with van der Waals surface area (Å²) >= 11 is 10.8. The van der Waals surface area contributed by atoms with E-state index in [0.29, 0.717) is 22.9 Å². The molecule has 0 saturated heterocycles. The van der Waals surface area contributed by atoms with Crippen molar-refractivity contribution in [2.24, 2.45) is 5.73 Å². The first-order valence-corrected chi connectivity index (χ1v) is 5.71. The van der Waals surface area contributed by atoms with Crippen LogP contribution in [-0.2, 0) is 9.53 Å². The van der Waals surface area contributed by atoms with Crippen LogP contribution in [0.25, 0.3) is 0 Å². The Labute approximate surface area is 110 Å². The molecular weight excluding hydrogens is 260 g/mol. The van der Waals surface area contributed by atoms with Gasteiger partial charge in [-0.25, -0.2) is 0 Å². The lowest BCUT2D eigenvalue weighted by atomic mass is 10.2. The van der Waals surface area contributed by atoms with Gasteiger partial charge in [-0.2, -0.15) is 0 Å². The van der Waals surface area contributed by atoms with Gasteiger partial charge in [-0.05, 0) is 18.2 Å². The van der Waals surface area contributed by atoms with Gasteiger partial charge in [0.15, 0.2) is 0 Å². The SMILES string of the molecule is COCCC(=O)Nc1ccc(C(N)=S)cc1Cl. The minimum absolute atomic E-state index is 0.156. The van der Waals surface area contributed by atoms with Crippen molar-refractivity contribution in [2.45, 2.75) is 6.42 Å². The molecule has 17 heavy (non-hydrogen) atoms. The Morgan fingerprint density at radius 1 is 1.59 bits per heavy atom. The highest BCUT2D eigenvalue weighted by atomic mass is 35.5. The summed E-state index contributed by atoms with van der Waals surface area (Å²) in [7, 11) is 1.54. The molecule has 0 radical (unpaired) electrons. The van der Waals surface area contributed by atoms with Gasteiger partial charge in [0.1, 0.15) is 4.99 Å². The number of ether oxygens (including phenoxy) is 1. The standard InChI is InChI=1S/C11H13ClN2O2S/c1-16-5-4-10(15)14-9-3-2-7(11(13)17)6-8(9)12/h2-3,6H,4-5H2,1H3,(H2,13,17)(H,14,15). The molecule has 1 amide bonds. The number of carbonyl (C=O) groups is 1. The lowest BCUT2D eigenvalue weighted by molar-refractivity contribution is -0.117. The molecule has 0 bridgehead atoms. The van der Waals surface area contributed by atoms with E-state index in [-0.39, 0.29) is 17.3 Å². The van der Waals surface area contributed by atoms with Crippen LogP contribution in [0.3, 0.4) is 0 Å². The highest BCUT2D eigenvalue weighted by molar-refractivity contribution is 7.80. The van der Waals surface area contributed by atoms with Crippen molar-refractivity contribution in [1.29, 1.82) is 0 Å². The molecule has 1 rings (SSSR count). The molecule has 0 atom stereocenters. The van der Waals surface area contributed by atoms with Crippen molar-refractivity contribution in [3.05, 3.63) is 28.8 Å². The molecule has 0 aromatic heterocycles. The topological polar surface area (TPSA) is 64.3 Å². The number of amides is 1. The molecule has 0 aliphatic heterocycles. The summed E-state index contributed by atoms with van der Waals surface area (Å²) in [5, 5.41) is 3.08. The van der Waals surface area contributed by atoms with E-state index in [1.54, 1.807) is 18.2 Å². The Hall–Kier alpha value is -1.17. The summed E-state index contributed by atoms with van der Waals surface area (Å²) in [5.41, 5.74) is 6.67. The smallest absolute Gasteiger partial charge is 0.226 e. The molecule has 0 aliphatic carbocycles. The molecule has 92 valence electrons. The van der Waals surface area contributed by atoms with E-state index in [1.165, 1.54) is 7.11 Å². The molecule has 1 aromatic carbocycles. The second kappa shape index (κ2) is 6.54. The minimum atomic E-state index is -0.156. The number of halogens is 1. The van der Waals surface area contributed by atoms with Gasteiger partial charge in [-0.1, -0.05) is 23.8 Å². The number of rotatable bonds is 5. The van der Waals surface area contributed by atoms with Crippen molar-refractivity contribution in [1.82, 2.24) is 0 Å². The Morgan fingerprint density at radius 2 is 2.29 bits per heavy atom. The summed E-state index contributed by atoms with van der Waals surface area (Å²) in [6, 6.07) is 5.00. The van der Waals surface area contributed by atoms with Crippen molar-refractivity contribution >= 4 is 40.4 Å². The van der Waals surface area contributed by atoms with Crippen LogP contribution in [0.15, 0.2) is 18.2 Å². The fourth-order valence-electron chi connectivity index (χ4n) is 1.18. The molecule has 0 saturated carbocycles. The average molecular weight is 273 g/mol. The van der Waals surface area contributed by atoms with Gasteiger partial charge in [-0.15, -0.1) is 0 Å². The lowest BCUT2D eigenvalue weighted by Crippen LogP contribution is -2.14. The van der Waals surface area contributed by atoms with Gasteiger partial charge in [0.2, 0.25) is 5.91 Å². The molecule has 0 aliphatic rings. The molecule has 3 N–H and O–H groups in total. The fraction of sp³-hybridized carbons (Fsp3) is 0.273. The maximum absolute atomic E-state index is 11.4. The summed E-state index contributed by atoms with van der Waals surface area (Å²) in [6.07, 6.45) is 0.282. The van der Waals surface area contributed by atoms with E-state index in [2.05, 4.69) is 5.32 Å². The number of benzene rings is 1. The normalized spacial score (nSPS) is 10.0. The number of methoxy groups -OCH3 is 1. The van der Waals surface area contributed by atoms with E-state index in [9.17, 15) is 4.79 Å². The zero-order chi connectivity index (χ0) is 12.8. The highest BCUT2D eigenvalue weighted by Crippen LogP contribution is 2.23. The third-order valence-corrected chi connectivity index (χ3v) is 2.61. The number of nitrogens with one attached hydrogen (secondary N) is 1. The van der Waals surface area contributed by atoms with Gasteiger partial charge >= 0.3 is 0 Å². The number of thiocarbonyl (C=S) groups is 1. The maximum atomic E-state index is 11.4. The second-order valence-corrected chi connectivity index (χ2v) is 4.20. The largest absolute Gasteiger partial charge is 0.389 e. The molecule has 0 unspecified atom stereocenters. The first-order chi connectivity index (χ1) is 8.04. The molecule has 4 nitrogen and oxygen atoms in total. The van der Waals surface area contributed by atoms with E-state index >= 15 is 0 Å². The summed E-state index contributed by atoms with van der Waals surface area (Å²) < 4.78 is 4.80. The number of anilines is 1. The lowest BCUT2D eigenvalue weighted by Gasteiger charge is -2.08. The predicted octanol–water partition coefficient (Wildman–Crippen LogP) is 1.95. The quantitative estimate of drug-likeness (QED) is 0.804. The molecule has 0 spiro atoms. The van der Waals surface area contributed by atoms with E-state index in [0.717, 1.165) is 0 Å². The number of carbonyl (C=O) groups excluding carboxylic acids is 1. The molecule has 0 fully saturated rings. The second-order valence-electron chi connectivity index (χ2n) is 3.35. The van der Waals surface area contributed by atoms with Crippen LogP contribution in [0, 0.1) is 0 Å². The highest BCUT2D eigenvalue weighted by Gasteiger charge is 2.07. The zero-order valence-electron chi connectivity index (χ0n) is 9.33. The Morgan fingerprint density at radius 3 is 2.82 bits per heavy atom. The van der Waals surface area contributed by atoms with E-state index < -0.39 is 0 Å². The van der Waals surface area contributed by atoms with Crippen molar-refractivity contribution in [3.8, 4) is 0 Å². The molecule has 6 heteroatoms. The first-order valence-electron chi connectivity index (χ1n) is 4.92. The average Bonchev–Trinajstić information content (AvgIpc) is 2.28. The summed E-state index contributed by atoms with van der Waals surface area (Å²) in [5.74, 6) is -0.156. The Bertz CT molecular complexity index is 437. The van der Waals surface area contributed by atoms with Crippen LogP contribution in [0.5, 0.6) is 0 Å². The van der Waals surface area contributed by atoms with Crippen LogP contribution < -0.4 is 11.1 Å². The van der Waals surface area contributed by atoms with Crippen molar-refractivity contribution in [2.75, 3.05) is 19.0 Å². The molecular formula is C11H13ClN2O2S. The third kappa shape index (κ3) is 4.30. The number of hydrogen-bond donors (Lipinski definition) is 2. The fourth-order valence-corrected chi connectivity index (χ4v) is 1.53. The zero-order valence-corrected chi connectivity index (χ0v) is 10.9. The van der Waals surface area contributed by atoms with Gasteiger partial charge in [0.05, 0.1) is 23.7 Å². The van der Waals surface area contributed by atoms with Crippen molar-refractivity contribution in [3.63, 3.8) is 0 Å². The van der Waals surface area contributed by atoms with E-state index in [4.69, 9.17) is 34.3 Å². The predicted molar refractivity (Wildman–Crippen MR) is 72.5 cm³/mol. The summed E-state index contributed by atoms with van der Waals surface area (Å²) in [4.78, 5) is 11.7. The van der Waals surface area contributed by atoms with Gasteiger partial charge in [0.25, 0.3) is 0 Å². The van der Waals surface area contributed by atoms with Gasteiger partial charge < -0.3 is 15.8 Å². The van der Waals surface area contributed by atoms with Crippen LogP contribution in [0.4, 0.5) is 5.69 Å². The van der Waals surface area contributed by atoms with Crippen LogP contribution in [-0.4, -0.2) is 24.6 Å². The van der Waals surface area contributed by atoms with E-state index in [1.807, 2.05) is 0 Å². The Kier molecular flexibility index (Phi) is 5.34. The van der Waals surface area contributed by atoms with Crippen LogP contribution in [0.1, 0.15) is 12.0 Å². The van der Waals surface area contributed by atoms with Gasteiger partial charge in [0, 0.05) is 12.7 Å². The molecule has 0 heterocycles. The number of hydrogen-bond acceptors (Lipinski definition) is 3. The minimum Gasteiger partial charge on any atom is -0.389 e. The molecule has 1 aromatic rings. The third-order valence-electron chi connectivity index (χ3n) is 2.06. The van der Waals surface area contributed by atoms with Crippen LogP contribution >= 0.6 is 23.8 Å².